The van der Waals surface area contributed by atoms with Gasteiger partial charge in [0.15, 0.2) is 0 Å². The smallest absolute Gasteiger partial charge is 0.312 e. The van der Waals surface area contributed by atoms with Crippen molar-refractivity contribution in [2.75, 3.05) is 0 Å². The second-order valence-corrected chi connectivity index (χ2v) is 9.20. The Balaban J connectivity index is 1.92. The van der Waals surface area contributed by atoms with Gasteiger partial charge in [-0.15, -0.1) is 0 Å². The van der Waals surface area contributed by atoms with E-state index in [1.165, 1.54) is 0 Å². The second-order valence-electron chi connectivity index (χ2n) is 9.20. The molecule has 0 amide bonds. The van der Waals surface area contributed by atoms with E-state index in [2.05, 4.69) is 13.8 Å². The van der Waals surface area contributed by atoms with Crippen LogP contribution >= 0.6 is 0 Å². The third-order valence-corrected chi connectivity index (χ3v) is 7.04. The first-order chi connectivity index (χ1) is 10.1. The first-order valence-corrected chi connectivity index (χ1v) is 9.09. The second kappa shape index (κ2) is 4.96. The van der Waals surface area contributed by atoms with Gasteiger partial charge >= 0.3 is 5.97 Å². The Kier molecular flexibility index (Phi) is 3.67. The van der Waals surface area contributed by atoms with Gasteiger partial charge in [0.2, 0.25) is 0 Å². The van der Waals surface area contributed by atoms with Crippen molar-refractivity contribution in [3.63, 3.8) is 0 Å². The molecule has 4 rings (SSSR count). The van der Waals surface area contributed by atoms with Gasteiger partial charge in [0.1, 0.15) is 5.60 Å². The molecule has 3 heteroatoms. The quantitative estimate of drug-likeness (QED) is 0.800. The van der Waals surface area contributed by atoms with E-state index in [-0.39, 0.29) is 11.6 Å². The number of hydrogen-bond acceptors (Lipinski definition) is 3. The van der Waals surface area contributed by atoms with E-state index in [1.54, 1.807) is 0 Å². The van der Waals surface area contributed by atoms with Crippen LogP contribution in [0, 0.1) is 29.1 Å². The summed E-state index contributed by atoms with van der Waals surface area (Å²) in [7, 11) is 0. The molecule has 22 heavy (non-hydrogen) atoms. The third kappa shape index (κ3) is 2.23. The summed E-state index contributed by atoms with van der Waals surface area (Å²) in [6.07, 6.45) is 5.63. The fraction of sp³-hybridized carbons (Fsp3) is 0.947. The van der Waals surface area contributed by atoms with E-state index in [0.717, 1.165) is 38.5 Å². The van der Waals surface area contributed by atoms with E-state index in [9.17, 15) is 9.90 Å². The summed E-state index contributed by atoms with van der Waals surface area (Å²) in [6, 6.07) is 0. The molecule has 0 aromatic rings. The van der Waals surface area contributed by atoms with Crippen LogP contribution in [0.25, 0.3) is 0 Å². The highest BCUT2D eigenvalue weighted by Crippen LogP contribution is 2.63. The molecule has 0 heterocycles. The lowest BCUT2D eigenvalue weighted by molar-refractivity contribution is -0.259. The van der Waals surface area contributed by atoms with E-state index >= 15 is 0 Å². The Bertz CT molecular complexity index is 449. The highest BCUT2D eigenvalue weighted by molar-refractivity contribution is 5.76. The lowest BCUT2D eigenvalue weighted by Crippen LogP contribution is -2.67. The average molecular weight is 308 g/mol. The maximum absolute atomic E-state index is 12.8. The Labute approximate surface area is 134 Å². The van der Waals surface area contributed by atoms with Crippen LogP contribution < -0.4 is 0 Å². The molecule has 4 saturated carbocycles. The van der Waals surface area contributed by atoms with Crippen LogP contribution in [-0.2, 0) is 9.53 Å². The molecule has 0 aliphatic heterocycles. The van der Waals surface area contributed by atoms with E-state index < -0.39 is 11.0 Å². The van der Waals surface area contributed by atoms with Crippen molar-refractivity contribution in [1.82, 2.24) is 0 Å². The fourth-order valence-electron chi connectivity index (χ4n) is 5.63. The average Bonchev–Trinajstić information content (AvgIpc) is 2.40. The lowest BCUT2D eigenvalue weighted by Gasteiger charge is -2.64. The van der Waals surface area contributed by atoms with Crippen LogP contribution in [0.1, 0.15) is 73.1 Å². The van der Waals surface area contributed by atoms with Gasteiger partial charge in [-0.05, 0) is 64.2 Å². The molecule has 4 bridgehead atoms. The Morgan fingerprint density at radius 2 is 1.77 bits per heavy atom. The molecule has 126 valence electrons. The van der Waals surface area contributed by atoms with Crippen LogP contribution in [0.15, 0.2) is 0 Å². The van der Waals surface area contributed by atoms with Crippen molar-refractivity contribution >= 4 is 5.97 Å². The third-order valence-electron chi connectivity index (χ3n) is 7.04. The summed E-state index contributed by atoms with van der Waals surface area (Å²) in [5.41, 5.74) is -1.26. The normalized spacial score (nSPS) is 43.7. The molecular weight excluding hydrogens is 276 g/mol. The maximum atomic E-state index is 12.8. The molecule has 0 aromatic carbocycles. The van der Waals surface area contributed by atoms with Gasteiger partial charge < -0.3 is 9.84 Å². The summed E-state index contributed by atoms with van der Waals surface area (Å²) in [5.74, 6) is 1.55. The van der Waals surface area contributed by atoms with Crippen LogP contribution in [0.4, 0.5) is 0 Å². The van der Waals surface area contributed by atoms with Crippen LogP contribution in [0.3, 0.4) is 0 Å². The van der Waals surface area contributed by atoms with Gasteiger partial charge in [0.25, 0.3) is 0 Å². The highest BCUT2D eigenvalue weighted by Gasteiger charge is 2.65. The Morgan fingerprint density at radius 3 is 2.18 bits per heavy atom. The predicted octanol–water partition coefficient (Wildman–Crippen LogP) is 3.93. The maximum Gasteiger partial charge on any atom is 0.312 e. The molecule has 4 aliphatic carbocycles. The zero-order valence-corrected chi connectivity index (χ0v) is 14.8. The van der Waals surface area contributed by atoms with Gasteiger partial charge in [-0.3, -0.25) is 4.79 Å². The van der Waals surface area contributed by atoms with Crippen molar-refractivity contribution < 1.29 is 14.6 Å². The summed E-state index contributed by atoms with van der Waals surface area (Å²) in [6.45, 7) is 10.4. The zero-order valence-electron chi connectivity index (χ0n) is 14.8. The summed E-state index contributed by atoms with van der Waals surface area (Å²) < 4.78 is 6.33. The Morgan fingerprint density at radius 1 is 1.23 bits per heavy atom. The Hall–Kier alpha value is -0.570. The van der Waals surface area contributed by atoms with Crippen LogP contribution in [0.5, 0.6) is 0 Å². The number of aliphatic hydroxyl groups is 1. The number of rotatable bonds is 4. The number of carbonyl (C=O) groups is 1. The molecule has 0 saturated heterocycles. The molecule has 2 atom stereocenters. The van der Waals surface area contributed by atoms with E-state index in [4.69, 9.17) is 4.74 Å². The topological polar surface area (TPSA) is 46.5 Å². The van der Waals surface area contributed by atoms with Crippen LogP contribution in [-0.4, -0.2) is 22.3 Å². The molecule has 0 spiro atoms. The minimum Gasteiger partial charge on any atom is -0.458 e. The van der Waals surface area contributed by atoms with E-state index in [0.29, 0.717) is 23.7 Å². The molecule has 3 nitrogen and oxygen atoms in total. The summed E-state index contributed by atoms with van der Waals surface area (Å²) in [5, 5.41) is 10.8. The SMILES string of the molecule is CCC(C)(C)C(=O)OC1(C(C)C)C2CC3CC1CC(O)(C3)C2. The standard InChI is InChI=1S/C19H32O3/c1-6-17(4,5)16(20)22-19(12(2)3)14-7-13-8-15(19)11-18(21,9-13)10-14/h12-15,21H,6-11H2,1-5H3. The number of ether oxygens (including phenoxy) is 1. The molecule has 4 fully saturated rings. The molecular formula is C19H32O3. The van der Waals surface area contributed by atoms with Crippen molar-refractivity contribution in [2.24, 2.45) is 29.1 Å². The van der Waals surface area contributed by atoms with Gasteiger partial charge in [0.05, 0.1) is 11.0 Å². The fourth-order valence-corrected chi connectivity index (χ4v) is 5.63. The summed E-state index contributed by atoms with van der Waals surface area (Å²) in [4.78, 5) is 12.8. The molecule has 1 N–H and O–H groups in total. The van der Waals surface area contributed by atoms with Crippen molar-refractivity contribution in [1.29, 1.82) is 0 Å². The number of esters is 1. The van der Waals surface area contributed by atoms with E-state index in [1.807, 2.05) is 20.8 Å². The van der Waals surface area contributed by atoms with Crippen molar-refractivity contribution in [3.05, 3.63) is 0 Å². The molecule has 2 unspecified atom stereocenters. The lowest BCUT2D eigenvalue weighted by atomic mass is 9.46. The number of hydrogen-bond donors (Lipinski definition) is 1. The monoisotopic (exact) mass is 308 g/mol. The van der Waals surface area contributed by atoms with Gasteiger partial charge in [-0.2, -0.15) is 0 Å². The largest absolute Gasteiger partial charge is 0.458 e. The molecule has 4 aliphatic rings. The molecule has 0 aromatic heterocycles. The van der Waals surface area contributed by atoms with Gasteiger partial charge in [-0.25, -0.2) is 0 Å². The minimum atomic E-state index is -0.485. The van der Waals surface area contributed by atoms with Crippen LogP contribution in [0.2, 0.25) is 0 Å². The molecule has 0 radical (unpaired) electrons. The predicted molar refractivity (Wildman–Crippen MR) is 86.2 cm³/mol. The van der Waals surface area contributed by atoms with Gasteiger partial charge in [-0.1, -0.05) is 20.8 Å². The van der Waals surface area contributed by atoms with Gasteiger partial charge in [0, 0.05) is 11.8 Å². The van der Waals surface area contributed by atoms with Crippen molar-refractivity contribution in [3.8, 4) is 0 Å². The summed E-state index contributed by atoms with van der Waals surface area (Å²) >= 11 is 0. The highest BCUT2D eigenvalue weighted by atomic mass is 16.6. The minimum absolute atomic E-state index is 0.0526. The first-order valence-electron chi connectivity index (χ1n) is 9.09. The zero-order chi connectivity index (χ0) is 16.3. The van der Waals surface area contributed by atoms with Crippen molar-refractivity contribution in [2.45, 2.75) is 84.3 Å². The first kappa shape index (κ1) is 16.3. The number of carbonyl (C=O) groups excluding carboxylic acids is 1.